The summed E-state index contributed by atoms with van der Waals surface area (Å²) >= 11 is 0. The van der Waals surface area contributed by atoms with Crippen LogP contribution in [0.25, 0.3) is 0 Å². The van der Waals surface area contributed by atoms with E-state index in [-0.39, 0.29) is 0 Å². The third-order valence-corrected chi connectivity index (χ3v) is 3.61. The average molecular weight is 251 g/mol. The van der Waals surface area contributed by atoms with E-state index < -0.39 is 0 Å². The minimum Gasteiger partial charge on any atom is -0.381 e. The molecule has 1 aliphatic rings. The summed E-state index contributed by atoms with van der Waals surface area (Å²) in [5.74, 6) is 1.87. The maximum Gasteiger partial charge on any atom is 0.105 e. The molecule has 2 rings (SSSR count). The first-order valence-electron chi connectivity index (χ1n) is 6.99. The first-order chi connectivity index (χ1) is 8.66. The number of rotatable bonds is 5. The molecule has 4 nitrogen and oxygen atoms in total. The normalized spacial score (nSPS) is 17.6. The lowest BCUT2D eigenvalue weighted by molar-refractivity contribution is 0.0608. The van der Waals surface area contributed by atoms with E-state index in [0.29, 0.717) is 6.04 Å². The van der Waals surface area contributed by atoms with Crippen molar-refractivity contribution in [3.05, 3.63) is 17.7 Å². The molecular weight excluding hydrogens is 226 g/mol. The lowest BCUT2D eigenvalue weighted by Crippen LogP contribution is -2.26. The molecule has 1 aliphatic heterocycles. The highest BCUT2D eigenvalue weighted by molar-refractivity contribution is 5.04. The molecule has 1 N–H and O–H groups in total. The van der Waals surface area contributed by atoms with Crippen molar-refractivity contribution in [2.24, 2.45) is 5.92 Å². The third kappa shape index (κ3) is 3.56. The average Bonchev–Trinajstić information content (AvgIpc) is 2.70. The first-order valence-corrected chi connectivity index (χ1v) is 6.99. The van der Waals surface area contributed by atoms with Gasteiger partial charge in [0.25, 0.3) is 0 Å². The molecule has 0 amide bonds. The Labute approximate surface area is 110 Å². The summed E-state index contributed by atoms with van der Waals surface area (Å²) in [7, 11) is 0. The summed E-state index contributed by atoms with van der Waals surface area (Å²) in [5, 5.41) is 3.47. The van der Waals surface area contributed by atoms with Crippen molar-refractivity contribution in [2.75, 3.05) is 13.2 Å². The van der Waals surface area contributed by atoms with E-state index in [2.05, 4.69) is 35.6 Å². The fourth-order valence-electron chi connectivity index (χ4n) is 2.40. The predicted molar refractivity (Wildman–Crippen MR) is 72.5 cm³/mol. The van der Waals surface area contributed by atoms with Crippen molar-refractivity contribution in [3.63, 3.8) is 0 Å². The molecule has 4 heteroatoms. The van der Waals surface area contributed by atoms with Crippen LogP contribution in [0.3, 0.4) is 0 Å². The summed E-state index contributed by atoms with van der Waals surface area (Å²) < 4.78 is 7.79. The van der Waals surface area contributed by atoms with Gasteiger partial charge in [0, 0.05) is 38.5 Å². The molecule has 0 bridgehead atoms. The molecule has 0 unspecified atom stereocenters. The van der Waals surface area contributed by atoms with Gasteiger partial charge < -0.3 is 14.6 Å². The second-order valence-corrected chi connectivity index (χ2v) is 5.50. The number of ether oxygens (including phenoxy) is 1. The predicted octanol–water partition coefficient (Wildman–Crippen LogP) is 2.12. The minimum atomic E-state index is 0.511. The van der Waals surface area contributed by atoms with E-state index in [0.717, 1.165) is 38.0 Å². The lowest BCUT2D eigenvalue weighted by Gasteiger charge is -2.24. The fraction of sp³-hybridized carbons (Fsp3) is 0.786. The van der Waals surface area contributed by atoms with Crippen LogP contribution in [-0.4, -0.2) is 28.8 Å². The Morgan fingerprint density at radius 1 is 1.44 bits per heavy atom. The minimum absolute atomic E-state index is 0.511. The summed E-state index contributed by atoms with van der Waals surface area (Å²) in [6, 6.07) is 0.511. The molecule has 1 fully saturated rings. The van der Waals surface area contributed by atoms with Gasteiger partial charge in [-0.1, -0.05) is 13.8 Å². The Hall–Kier alpha value is -0.870. The summed E-state index contributed by atoms with van der Waals surface area (Å²) in [6.07, 6.45) is 4.35. The Bertz CT molecular complexity index is 367. The van der Waals surface area contributed by atoms with E-state index in [9.17, 15) is 0 Å². The SMILES string of the molecule is Cc1ncc(CNC(C)C)n1CC1CCOCC1. The Balaban J connectivity index is 1.99. The molecular formula is C14H25N3O. The van der Waals surface area contributed by atoms with Crippen molar-refractivity contribution in [3.8, 4) is 0 Å². The maximum atomic E-state index is 5.42. The Kier molecular flexibility index (Phi) is 4.78. The van der Waals surface area contributed by atoms with Gasteiger partial charge in [0.05, 0.1) is 5.69 Å². The second-order valence-electron chi connectivity index (χ2n) is 5.50. The second kappa shape index (κ2) is 6.34. The number of nitrogens with one attached hydrogen (secondary N) is 1. The van der Waals surface area contributed by atoms with Gasteiger partial charge in [0.15, 0.2) is 0 Å². The topological polar surface area (TPSA) is 39.1 Å². The van der Waals surface area contributed by atoms with Crippen LogP contribution in [-0.2, 0) is 17.8 Å². The van der Waals surface area contributed by atoms with E-state index >= 15 is 0 Å². The summed E-state index contributed by atoms with van der Waals surface area (Å²) in [4.78, 5) is 4.45. The van der Waals surface area contributed by atoms with Crippen LogP contribution in [0, 0.1) is 12.8 Å². The number of aromatic nitrogens is 2. The third-order valence-electron chi connectivity index (χ3n) is 3.61. The van der Waals surface area contributed by atoms with Gasteiger partial charge in [0.2, 0.25) is 0 Å². The number of hydrogen-bond donors (Lipinski definition) is 1. The summed E-state index contributed by atoms with van der Waals surface area (Å²) in [5.41, 5.74) is 1.30. The fourth-order valence-corrected chi connectivity index (χ4v) is 2.40. The first kappa shape index (κ1) is 13.6. The van der Waals surface area contributed by atoms with Gasteiger partial charge in [0.1, 0.15) is 5.82 Å². The van der Waals surface area contributed by atoms with Crippen molar-refractivity contribution >= 4 is 0 Å². The molecule has 0 atom stereocenters. The van der Waals surface area contributed by atoms with Crippen molar-refractivity contribution in [2.45, 2.75) is 52.7 Å². The van der Waals surface area contributed by atoms with E-state index in [1.165, 1.54) is 18.5 Å². The standard InChI is InChI=1S/C14H25N3O/c1-11(2)15-8-14-9-16-12(3)17(14)10-13-4-6-18-7-5-13/h9,11,13,15H,4-8,10H2,1-3H3. The molecule has 1 saturated heterocycles. The Morgan fingerprint density at radius 2 is 2.17 bits per heavy atom. The van der Waals surface area contributed by atoms with Gasteiger partial charge >= 0.3 is 0 Å². The van der Waals surface area contributed by atoms with Crippen molar-refractivity contribution in [1.82, 2.24) is 14.9 Å². The van der Waals surface area contributed by atoms with E-state index in [1.807, 2.05) is 6.20 Å². The molecule has 1 aromatic rings. The highest BCUT2D eigenvalue weighted by atomic mass is 16.5. The van der Waals surface area contributed by atoms with Crippen LogP contribution < -0.4 is 5.32 Å². The van der Waals surface area contributed by atoms with Gasteiger partial charge in [-0.05, 0) is 25.7 Å². The number of aryl methyl sites for hydroxylation is 1. The summed E-state index contributed by atoms with van der Waals surface area (Å²) in [6.45, 7) is 10.3. The lowest BCUT2D eigenvalue weighted by atomic mass is 10.0. The van der Waals surface area contributed by atoms with E-state index in [4.69, 9.17) is 4.74 Å². The Morgan fingerprint density at radius 3 is 2.83 bits per heavy atom. The maximum absolute atomic E-state index is 5.42. The molecule has 0 aromatic carbocycles. The van der Waals surface area contributed by atoms with Crippen LogP contribution in [0.1, 0.15) is 38.2 Å². The zero-order chi connectivity index (χ0) is 13.0. The van der Waals surface area contributed by atoms with Crippen LogP contribution in [0.15, 0.2) is 6.20 Å². The molecule has 0 aliphatic carbocycles. The molecule has 102 valence electrons. The molecule has 2 heterocycles. The van der Waals surface area contributed by atoms with E-state index in [1.54, 1.807) is 0 Å². The number of nitrogens with zero attached hydrogens (tertiary/aromatic N) is 2. The zero-order valence-corrected chi connectivity index (χ0v) is 11.8. The molecule has 0 radical (unpaired) electrons. The van der Waals surface area contributed by atoms with Gasteiger partial charge in [-0.15, -0.1) is 0 Å². The van der Waals surface area contributed by atoms with Crippen LogP contribution >= 0.6 is 0 Å². The smallest absolute Gasteiger partial charge is 0.105 e. The monoisotopic (exact) mass is 251 g/mol. The van der Waals surface area contributed by atoms with Crippen molar-refractivity contribution in [1.29, 1.82) is 0 Å². The molecule has 1 aromatic heterocycles. The number of hydrogen-bond acceptors (Lipinski definition) is 3. The molecule has 18 heavy (non-hydrogen) atoms. The van der Waals surface area contributed by atoms with Crippen LogP contribution in [0.4, 0.5) is 0 Å². The van der Waals surface area contributed by atoms with Gasteiger partial charge in [-0.25, -0.2) is 4.98 Å². The van der Waals surface area contributed by atoms with Crippen LogP contribution in [0.2, 0.25) is 0 Å². The van der Waals surface area contributed by atoms with Gasteiger partial charge in [-0.3, -0.25) is 0 Å². The van der Waals surface area contributed by atoms with Crippen molar-refractivity contribution < 1.29 is 4.74 Å². The zero-order valence-electron chi connectivity index (χ0n) is 11.8. The molecule has 0 saturated carbocycles. The number of imidazole rings is 1. The largest absolute Gasteiger partial charge is 0.381 e. The molecule has 0 spiro atoms. The highest BCUT2D eigenvalue weighted by Crippen LogP contribution is 2.19. The van der Waals surface area contributed by atoms with Crippen LogP contribution in [0.5, 0.6) is 0 Å². The quantitative estimate of drug-likeness (QED) is 0.871. The van der Waals surface area contributed by atoms with Gasteiger partial charge in [-0.2, -0.15) is 0 Å². The highest BCUT2D eigenvalue weighted by Gasteiger charge is 2.17.